The van der Waals surface area contributed by atoms with Gasteiger partial charge in [0.25, 0.3) is 0 Å². The van der Waals surface area contributed by atoms with Gasteiger partial charge in [-0.05, 0) is 12.8 Å². The fourth-order valence-corrected chi connectivity index (χ4v) is 4.25. The van der Waals surface area contributed by atoms with Gasteiger partial charge in [-0.1, -0.05) is 25.8 Å². The lowest BCUT2D eigenvalue weighted by Gasteiger charge is -2.53. The first kappa shape index (κ1) is 22.6. The van der Waals surface area contributed by atoms with Crippen molar-refractivity contribution in [2.75, 3.05) is 20.3 Å². The maximum Gasteiger partial charge on any atom is 0.336 e. The summed E-state index contributed by atoms with van der Waals surface area (Å²) in [6.45, 7) is 14.0. The summed E-state index contributed by atoms with van der Waals surface area (Å²) in [6.07, 6.45) is -0.234. The Morgan fingerprint density at radius 3 is 2.55 bits per heavy atom. The highest BCUT2D eigenvalue weighted by atomic mass is 16.6. The minimum atomic E-state index is -1.32. The van der Waals surface area contributed by atoms with Crippen molar-refractivity contribution in [1.82, 2.24) is 0 Å². The summed E-state index contributed by atoms with van der Waals surface area (Å²) >= 11 is 0. The van der Waals surface area contributed by atoms with E-state index in [9.17, 15) is 19.5 Å². The second-order valence-electron chi connectivity index (χ2n) is 7.38. The van der Waals surface area contributed by atoms with Crippen LogP contribution in [-0.4, -0.2) is 60.7 Å². The third-order valence-corrected chi connectivity index (χ3v) is 5.64. The normalized spacial score (nSPS) is 31.1. The third kappa shape index (κ3) is 4.04. The molecule has 1 heterocycles. The lowest BCUT2D eigenvalue weighted by atomic mass is 9.55. The predicted molar refractivity (Wildman–Crippen MR) is 102 cm³/mol. The van der Waals surface area contributed by atoms with E-state index in [1.807, 2.05) is 0 Å². The van der Waals surface area contributed by atoms with E-state index in [0.717, 1.165) is 7.11 Å². The largest absolute Gasteiger partial charge is 0.466 e. The van der Waals surface area contributed by atoms with Gasteiger partial charge < -0.3 is 24.4 Å². The van der Waals surface area contributed by atoms with Crippen LogP contribution in [0, 0.1) is 17.3 Å². The van der Waals surface area contributed by atoms with Gasteiger partial charge in [-0.25, -0.2) is 14.4 Å². The van der Waals surface area contributed by atoms with Gasteiger partial charge in [-0.3, -0.25) is 0 Å². The molecule has 0 aromatic carbocycles. The second-order valence-corrected chi connectivity index (χ2v) is 7.38. The van der Waals surface area contributed by atoms with Crippen molar-refractivity contribution in [3.05, 3.63) is 49.1 Å². The average molecular weight is 406 g/mol. The maximum atomic E-state index is 12.3. The van der Waals surface area contributed by atoms with Crippen LogP contribution in [0.2, 0.25) is 0 Å². The van der Waals surface area contributed by atoms with Crippen LogP contribution in [0.1, 0.15) is 12.8 Å². The van der Waals surface area contributed by atoms with E-state index in [1.165, 1.54) is 0 Å². The van der Waals surface area contributed by atoms with Crippen LogP contribution in [-0.2, 0) is 28.6 Å². The molecule has 8 heteroatoms. The fraction of sp³-hybridized carbons (Fsp3) is 0.476. The van der Waals surface area contributed by atoms with E-state index in [1.54, 1.807) is 6.08 Å². The van der Waals surface area contributed by atoms with Crippen molar-refractivity contribution < 1.29 is 38.8 Å². The molecule has 29 heavy (non-hydrogen) atoms. The van der Waals surface area contributed by atoms with Crippen LogP contribution in [0.25, 0.3) is 0 Å². The molecule has 0 amide bonds. The minimum Gasteiger partial charge on any atom is -0.466 e. The van der Waals surface area contributed by atoms with Crippen molar-refractivity contribution in [2.45, 2.75) is 25.0 Å². The Kier molecular flexibility index (Phi) is 6.81. The van der Waals surface area contributed by atoms with E-state index >= 15 is 0 Å². The highest BCUT2D eigenvalue weighted by molar-refractivity contribution is 5.91. The smallest absolute Gasteiger partial charge is 0.336 e. The molecule has 158 valence electrons. The summed E-state index contributed by atoms with van der Waals surface area (Å²) in [4.78, 5) is 36.5. The first-order valence-corrected chi connectivity index (χ1v) is 9.05. The number of hydrogen-bond acceptors (Lipinski definition) is 8. The van der Waals surface area contributed by atoms with Gasteiger partial charge in [0.1, 0.15) is 6.10 Å². The molecule has 1 saturated carbocycles. The van der Waals surface area contributed by atoms with Crippen molar-refractivity contribution >= 4 is 17.9 Å². The Morgan fingerprint density at radius 2 is 2.00 bits per heavy atom. The Hall–Kier alpha value is -2.71. The van der Waals surface area contributed by atoms with E-state index in [2.05, 4.69) is 26.3 Å². The van der Waals surface area contributed by atoms with Gasteiger partial charge in [0.2, 0.25) is 0 Å². The Balaban J connectivity index is 2.52. The van der Waals surface area contributed by atoms with Crippen molar-refractivity contribution in [3.63, 3.8) is 0 Å². The SMILES string of the molecule is C=CC[C@@]12COC(=O)C(=C)[C@@H]1[C@H](O)[C@H](C(=C)C(=O)OC)[C@@H](OC(=O)C(=C)CO)C2. The van der Waals surface area contributed by atoms with Crippen LogP contribution >= 0.6 is 0 Å². The van der Waals surface area contributed by atoms with Gasteiger partial charge in [-0.2, -0.15) is 0 Å². The highest BCUT2D eigenvalue weighted by Gasteiger charge is 2.59. The molecular formula is C21H26O8. The number of carbonyl (C=O) groups is 3. The zero-order valence-electron chi connectivity index (χ0n) is 16.4. The van der Waals surface area contributed by atoms with Gasteiger partial charge in [-0.15, -0.1) is 6.58 Å². The molecule has 0 unspecified atom stereocenters. The number of aliphatic hydroxyl groups excluding tert-OH is 2. The molecule has 1 aliphatic heterocycles. The summed E-state index contributed by atoms with van der Waals surface area (Å²) in [5.74, 6) is -4.10. The Bertz CT molecular complexity index is 767. The number of methoxy groups -OCH3 is 1. The van der Waals surface area contributed by atoms with Crippen LogP contribution in [0.4, 0.5) is 0 Å². The summed E-state index contributed by atoms with van der Waals surface area (Å²) in [7, 11) is 1.16. The van der Waals surface area contributed by atoms with E-state index in [4.69, 9.17) is 19.3 Å². The predicted octanol–water partition coefficient (Wildman–Crippen LogP) is 0.848. The standard InChI is InChI=1S/C21H26O8/c1-6-7-21-8-14(29-18(24)11(2)9-22)15(12(3)19(25)27-5)17(23)16(21)13(4)20(26)28-10-21/h6,14-17,22-23H,1-4,7-10H2,5H3/t14-,15+,16+,17+,21+/m0/s1. The fourth-order valence-electron chi connectivity index (χ4n) is 4.25. The molecule has 1 saturated heterocycles. The first-order chi connectivity index (χ1) is 13.6. The lowest BCUT2D eigenvalue weighted by molar-refractivity contribution is -0.184. The third-order valence-electron chi connectivity index (χ3n) is 5.64. The summed E-state index contributed by atoms with van der Waals surface area (Å²) in [5, 5.41) is 20.4. The molecule has 1 aliphatic carbocycles. The second kappa shape index (κ2) is 8.75. The monoisotopic (exact) mass is 406 g/mol. The number of aliphatic hydroxyl groups is 2. The zero-order chi connectivity index (χ0) is 21.9. The van der Waals surface area contributed by atoms with Crippen LogP contribution in [0.5, 0.6) is 0 Å². The van der Waals surface area contributed by atoms with Crippen molar-refractivity contribution in [1.29, 1.82) is 0 Å². The quantitative estimate of drug-likeness (QED) is 0.276. The minimum absolute atomic E-state index is 0.0367. The maximum absolute atomic E-state index is 12.3. The Morgan fingerprint density at radius 1 is 1.34 bits per heavy atom. The molecular weight excluding hydrogens is 380 g/mol. The number of allylic oxidation sites excluding steroid dienone is 1. The number of hydrogen-bond donors (Lipinski definition) is 2. The molecule has 5 atom stereocenters. The van der Waals surface area contributed by atoms with E-state index < -0.39 is 54.0 Å². The van der Waals surface area contributed by atoms with Gasteiger partial charge in [0, 0.05) is 22.5 Å². The molecule has 0 aromatic heterocycles. The molecule has 8 nitrogen and oxygen atoms in total. The summed E-state index contributed by atoms with van der Waals surface area (Å²) < 4.78 is 15.4. The van der Waals surface area contributed by atoms with Gasteiger partial charge in [0.15, 0.2) is 0 Å². The molecule has 0 aromatic rings. The van der Waals surface area contributed by atoms with Crippen LogP contribution in [0.15, 0.2) is 49.1 Å². The molecule has 0 radical (unpaired) electrons. The van der Waals surface area contributed by atoms with Gasteiger partial charge in [0.05, 0.1) is 37.9 Å². The summed E-state index contributed by atoms with van der Waals surface area (Å²) in [6, 6.07) is 0. The van der Waals surface area contributed by atoms with Crippen molar-refractivity contribution in [2.24, 2.45) is 17.3 Å². The first-order valence-electron chi connectivity index (χ1n) is 9.05. The molecule has 2 rings (SSSR count). The molecule has 0 bridgehead atoms. The topological polar surface area (TPSA) is 119 Å². The van der Waals surface area contributed by atoms with E-state index in [-0.39, 0.29) is 29.7 Å². The number of ether oxygens (including phenoxy) is 3. The number of esters is 3. The average Bonchev–Trinajstić information content (AvgIpc) is 2.69. The molecule has 2 aliphatic rings. The number of carbonyl (C=O) groups excluding carboxylic acids is 3. The Labute approximate surface area is 169 Å². The van der Waals surface area contributed by atoms with Crippen LogP contribution < -0.4 is 0 Å². The summed E-state index contributed by atoms with van der Waals surface area (Å²) in [5.41, 5.74) is -1.05. The molecule has 2 N–H and O–H groups in total. The highest BCUT2D eigenvalue weighted by Crippen LogP contribution is 2.54. The number of rotatable bonds is 7. The number of cyclic esters (lactones) is 1. The molecule has 2 fully saturated rings. The lowest BCUT2D eigenvalue weighted by Crippen LogP contribution is -2.59. The molecule has 0 spiro atoms. The van der Waals surface area contributed by atoms with Gasteiger partial charge >= 0.3 is 17.9 Å². The van der Waals surface area contributed by atoms with Crippen LogP contribution in [0.3, 0.4) is 0 Å². The van der Waals surface area contributed by atoms with E-state index in [0.29, 0.717) is 6.42 Å². The zero-order valence-corrected chi connectivity index (χ0v) is 16.4. The number of fused-ring (bicyclic) bond motifs is 1. The van der Waals surface area contributed by atoms with Crippen molar-refractivity contribution in [3.8, 4) is 0 Å².